The van der Waals surface area contributed by atoms with Crippen LogP contribution in [0.3, 0.4) is 0 Å². The fourth-order valence-electron chi connectivity index (χ4n) is 6.37. The molecule has 0 fully saturated rings. The molecule has 35 heavy (non-hydrogen) atoms. The van der Waals surface area contributed by atoms with Crippen LogP contribution in [0, 0.1) is 24.7 Å². The van der Waals surface area contributed by atoms with E-state index in [1.165, 1.54) is 12.5 Å². The number of hydrogen-bond acceptors (Lipinski definition) is 4. The third kappa shape index (κ3) is 7.69. The molecule has 1 aromatic rings. The third-order valence-electron chi connectivity index (χ3n) is 8.01. The molecular weight excluding hydrogens is 436 g/mol. The van der Waals surface area contributed by atoms with Crippen LogP contribution in [0.4, 0.5) is 0 Å². The number of rotatable bonds is 14. The van der Waals surface area contributed by atoms with Gasteiger partial charge in [-0.25, -0.2) is 0 Å². The first kappa shape index (κ1) is 29.1. The molecule has 3 atom stereocenters. The van der Waals surface area contributed by atoms with E-state index in [1.807, 2.05) is 6.92 Å². The Morgan fingerprint density at radius 3 is 2.31 bits per heavy atom. The van der Waals surface area contributed by atoms with Gasteiger partial charge in [-0.3, -0.25) is 14.4 Å². The van der Waals surface area contributed by atoms with Gasteiger partial charge in [-0.2, -0.15) is 0 Å². The van der Waals surface area contributed by atoms with E-state index in [2.05, 4.69) is 39.8 Å². The zero-order valence-corrected chi connectivity index (χ0v) is 23.1. The average molecular weight is 483 g/mol. The van der Waals surface area contributed by atoms with Crippen LogP contribution in [0.2, 0.25) is 0 Å². The largest absolute Gasteiger partial charge is 0.300 e. The highest BCUT2D eigenvalue weighted by molar-refractivity contribution is 6.00. The first-order valence-electron chi connectivity index (χ1n) is 13.6. The molecule has 0 saturated heterocycles. The highest BCUT2D eigenvalue weighted by atomic mass is 16.1. The number of ketones is 4. The molecule has 3 unspecified atom stereocenters. The first-order chi connectivity index (χ1) is 16.4. The highest BCUT2D eigenvalue weighted by Crippen LogP contribution is 2.40. The number of hydrogen-bond donors (Lipinski definition) is 0. The van der Waals surface area contributed by atoms with Gasteiger partial charge in [-0.05, 0) is 86.8 Å². The van der Waals surface area contributed by atoms with Gasteiger partial charge in [0.25, 0.3) is 0 Å². The Morgan fingerprint density at radius 2 is 1.74 bits per heavy atom. The van der Waals surface area contributed by atoms with Crippen LogP contribution in [0.5, 0.6) is 0 Å². The van der Waals surface area contributed by atoms with E-state index in [1.54, 1.807) is 6.92 Å². The number of carbonyl (C=O) groups is 4. The van der Waals surface area contributed by atoms with E-state index in [4.69, 9.17) is 0 Å². The fourth-order valence-corrected chi connectivity index (χ4v) is 6.37. The van der Waals surface area contributed by atoms with Gasteiger partial charge in [0.05, 0.1) is 6.42 Å². The third-order valence-corrected chi connectivity index (χ3v) is 8.01. The van der Waals surface area contributed by atoms with Crippen molar-refractivity contribution in [3.63, 3.8) is 0 Å². The molecule has 0 bridgehead atoms. The summed E-state index contributed by atoms with van der Waals surface area (Å²) in [4.78, 5) is 49.1. The van der Waals surface area contributed by atoms with Crippen molar-refractivity contribution in [2.45, 2.75) is 118 Å². The second-order valence-electron chi connectivity index (χ2n) is 11.6. The van der Waals surface area contributed by atoms with Crippen molar-refractivity contribution in [1.82, 2.24) is 0 Å². The van der Waals surface area contributed by atoms with Crippen LogP contribution in [0.15, 0.2) is 12.1 Å². The van der Waals surface area contributed by atoms with Gasteiger partial charge < -0.3 is 4.79 Å². The van der Waals surface area contributed by atoms with Crippen molar-refractivity contribution in [2.75, 3.05) is 0 Å². The SMILES string of the molecule is CCCC(CC1CC(=O)c2c(ccc(C(C)(C)CCCC(C)=O)c2C)C1)C(CC)C(=O)CC(C)=O. The second-order valence-corrected chi connectivity index (χ2v) is 11.6. The number of fused-ring (bicyclic) bond motifs is 1. The highest BCUT2D eigenvalue weighted by Gasteiger charge is 2.34. The van der Waals surface area contributed by atoms with Gasteiger partial charge in [0, 0.05) is 24.3 Å². The Kier molecular flexibility index (Phi) is 10.6. The first-order valence-corrected chi connectivity index (χ1v) is 13.6. The van der Waals surface area contributed by atoms with Crippen LogP contribution >= 0.6 is 0 Å². The quantitative estimate of drug-likeness (QED) is 0.264. The zero-order valence-electron chi connectivity index (χ0n) is 23.1. The van der Waals surface area contributed by atoms with E-state index >= 15 is 0 Å². The normalized spacial score (nSPS) is 17.6. The topological polar surface area (TPSA) is 68.3 Å². The molecule has 0 saturated carbocycles. The molecule has 0 N–H and O–H groups in total. The Labute approximate surface area is 212 Å². The smallest absolute Gasteiger partial charge is 0.163 e. The minimum atomic E-state index is -0.102. The van der Waals surface area contributed by atoms with Crippen molar-refractivity contribution >= 4 is 23.1 Å². The van der Waals surface area contributed by atoms with Gasteiger partial charge in [0.2, 0.25) is 0 Å². The van der Waals surface area contributed by atoms with Crippen molar-refractivity contribution in [3.05, 3.63) is 34.4 Å². The van der Waals surface area contributed by atoms with Crippen LogP contribution in [-0.4, -0.2) is 23.1 Å². The summed E-state index contributed by atoms with van der Waals surface area (Å²) in [5, 5.41) is 0. The lowest BCUT2D eigenvalue weighted by Crippen LogP contribution is -2.30. The Balaban J connectivity index is 2.23. The van der Waals surface area contributed by atoms with Crippen LogP contribution < -0.4 is 0 Å². The lowest BCUT2D eigenvalue weighted by Gasteiger charge is -2.34. The Morgan fingerprint density at radius 1 is 1.06 bits per heavy atom. The van der Waals surface area contributed by atoms with Crippen LogP contribution in [0.1, 0.15) is 126 Å². The minimum absolute atomic E-state index is 0.0231. The summed E-state index contributed by atoms with van der Waals surface area (Å²) in [5.74, 6) is 0.786. The average Bonchev–Trinajstić information content (AvgIpc) is 2.73. The summed E-state index contributed by atoms with van der Waals surface area (Å²) in [7, 11) is 0. The summed E-state index contributed by atoms with van der Waals surface area (Å²) in [5.41, 5.74) is 4.22. The molecule has 1 aliphatic carbocycles. The lowest BCUT2D eigenvalue weighted by atomic mass is 9.70. The molecule has 1 aliphatic rings. The molecule has 194 valence electrons. The zero-order chi connectivity index (χ0) is 26.3. The summed E-state index contributed by atoms with van der Waals surface area (Å²) in [6.45, 7) is 13.8. The van der Waals surface area contributed by atoms with Crippen molar-refractivity contribution in [3.8, 4) is 0 Å². The summed E-state index contributed by atoms with van der Waals surface area (Å²) >= 11 is 0. The summed E-state index contributed by atoms with van der Waals surface area (Å²) in [6.07, 6.45) is 7.33. The minimum Gasteiger partial charge on any atom is -0.300 e. The maximum atomic E-state index is 13.4. The van der Waals surface area contributed by atoms with Gasteiger partial charge in [-0.15, -0.1) is 0 Å². The predicted molar refractivity (Wildman–Crippen MR) is 142 cm³/mol. The molecule has 1 aromatic carbocycles. The van der Waals surface area contributed by atoms with Gasteiger partial charge >= 0.3 is 0 Å². The fraction of sp³-hybridized carbons (Fsp3) is 0.677. The molecule has 0 aliphatic heterocycles. The number of carbonyl (C=O) groups excluding carboxylic acids is 4. The standard InChI is InChI=1S/C31H46O4/c1-8-11-24(26(9-2)28(34)16-21(4)33)17-23-18-25-13-14-27(22(5)30(25)29(35)19-23)31(6,7)15-10-12-20(3)32/h13-14,23-24,26H,8-12,15-19H2,1-7H3. The van der Waals surface area contributed by atoms with E-state index < -0.39 is 0 Å². The molecular formula is C31H46O4. The van der Waals surface area contributed by atoms with Crippen LogP contribution in [0.25, 0.3) is 0 Å². The van der Waals surface area contributed by atoms with Crippen LogP contribution in [-0.2, 0) is 26.2 Å². The van der Waals surface area contributed by atoms with Crippen molar-refractivity contribution in [2.24, 2.45) is 17.8 Å². The number of benzene rings is 1. The van der Waals surface area contributed by atoms with E-state index in [-0.39, 0.29) is 52.7 Å². The Hall–Kier alpha value is -2.10. The predicted octanol–water partition coefficient (Wildman–Crippen LogP) is 7.16. The summed E-state index contributed by atoms with van der Waals surface area (Å²) in [6, 6.07) is 4.33. The van der Waals surface area contributed by atoms with Gasteiger partial charge in [0.15, 0.2) is 5.78 Å². The molecule has 2 rings (SSSR count). The summed E-state index contributed by atoms with van der Waals surface area (Å²) < 4.78 is 0. The molecule has 0 radical (unpaired) electrons. The molecule has 0 aromatic heterocycles. The van der Waals surface area contributed by atoms with Crippen molar-refractivity contribution < 1.29 is 19.2 Å². The maximum absolute atomic E-state index is 13.4. The van der Waals surface area contributed by atoms with Crippen molar-refractivity contribution in [1.29, 1.82) is 0 Å². The lowest BCUT2D eigenvalue weighted by molar-refractivity contribution is -0.130. The molecule has 4 heteroatoms. The van der Waals surface area contributed by atoms with Gasteiger partial charge in [0.1, 0.15) is 17.3 Å². The van der Waals surface area contributed by atoms with Gasteiger partial charge in [-0.1, -0.05) is 52.7 Å². The molecule has 4 nitrogen and oxygen atoms in total. The molecule has 0 spiro atoms. The Bertz CT molecular complexity index is 940. The molecule has 0 heterocycles. The van der Waals surface area contributed by atoms with E-state index in [0.29, 0.717) is 12.8 Å². The number of Topliss-reactive ketones (excluding diaryl/α,β-unsaturated/α-hetero) is 4. The maximum Gasteiger partial charge on any atom is 0.163 e. The monoisotopic (exact) mass is 482 g/mol. The second kappa shape index (κ2) is 12.7. The van der Waals surface area contributed by atoms with E-state index in [9.17, 15) is 19.2 Å². The van der Waals surface area contributed by atoms with E-state index in [0.717, 1.165) is 61.6 Å². The molecule has 0 amide bonds.